The SMILES string of the molecule is Cc1cnc(-c2c(C)ccc3c2oc2c4c(ccc23)-c2ccccc2C42CCCC2)cc1C. The molecule has 5 aromatic rings. The van der Waals surface area contributed by atoms with E-state index >= 15 is 0 Å². The predicted molar refractivity (Wildman–Crippen MR) is 136 cm³/mol. The van der Waals surface area contributed by atoms with E-state index in [1.807, 2.05) is 6.20 Å². The zero-order valence-corrected chi connectivity index (χ0v) is 19.5. The number of benzene rings is 3. The number of fused-ring (bicyclic) bond motifs is 9. The number of nitrogens with zero attached hydrogens (tertiary/aromatic N) is 1. The molecule has 3 aromatic carbocycles. The van der Waals surface area contributed by atoms with Gasteiger partial charge < -0.3 is 4.42 Å². The highest BCUT2D eigenvalue weighted by atomic mass is 16.3. The Bertz CT molecular complexity index is 1600. The Morgan fingerprint density at radius 1 is 0.758 bits per heavy atom. The van der Waals surface area contributed by atoms with Crippen LogP contribution in [0.3, 0.4) is 0 Å². The summed E-state index contributed by atoms with van der Waals surface area (Å²) >= 11 is 0. The molecule has 0 aliphatic heterocycles. The van der Waals surface area contributed by atoms with Crippen molar-refractivity contribution in [3.63, 3.8) is 0 Å². The first-order valence-corrected chi connectivity index (χ1v) is 12.1. The molecule has 0 saturated heterocycles. The van der Waals surface area contributed by atoms with Crippen LogP contribution in [-0.2, 0) is 5.41 Å². The van der Waals surface area contributed by atoms with Gasteiger partial charge in [0.05, 0.1) is 5.69 Å². The summed E-state index contributed by atoms with van der Waals surface area (Å²) in [4.78, 5) is 4.81. The van der Waals surface area contributed by atoms with Crippen molar-refractivity contribution in [1.29, 1.82) is 0 Å². The highest BCUT2D eigenvalue weighted by molar-refractivity contribution is 6.13. The molecule has 2 aliphatic rings. The molecule has 1 fully saturated rings. The van der Waals surface area contributed by atoms with Gasteiger partial charge in [-0.3, -0.25) is 4.98 Å². The summed E-state index contributed by atoms with van der Waals surface area (Å²) in [6, 6.07) is 20.3. The maximum Gasteiger partial charge on any atom is 0.145 e. The number of pyridine rings is 1. The van der Waals surface area contributed by atoms with E-state index < -0.39 is 0 Å². The van der Waals surface area contributed by atoms with Gasteiger partial charge in [0.15, 0.2) is 0 Å². The van der Waals surface area contributed by atoms with Crippen LogP contribution in [0.2, 0.25) is 0 Å². The van der Waals surface area contributed by atoms with E-state index in [1.165, 1.54) is 75.4 Å². The first kappa shape index (κ1) is 19.1. The summed E-state index contributed by atoms with van der Waals surface area (Å²) < 4.78 is 6.91. The van der Waals surface area contributed by atoms with E-state index in [-0.39, 0.29) is 5.41 Å². The van der Waals surface area contributed by atoms with Crippen molar-refractivity contribution in [2.75, 3.05) is 0 Å². The van der Waals surface area contributed by atoms with Crippen molar-refractivity contribution in [3.05, 3.63) is 88.6 Å². The Labute approximate surface area is 194 Å². The molecule has 0 N–H and O–H groups in total. The molecule has 1 spiro atoms. The van der Waals surface area contributed by atoms with E-state index in [9.17, 15) is 0 Å². The molecule has 0 amide bonds. The van der Waals surface area contributed by atoms with Gasteiger partial charge in [0.25, 0.3) is 0 Å². The molecule has 2 heteroatoms. The van der Waals surface area contributed by atoms with E-state index in [0.717, 1.165) is 22.4 Å². The van der Waals surface area contributed by atoms with Gasteiger partial charge in [-0.2, -0.15) is 0 Å². The Kier molecular flexibility index (Phi) is 3.81. The zero-order chi connectivity index (χ0) is 22.3. The summed E-state index contributed by atoms with van der Waals surface area (Å²) in [5.41, 5.74) is 13.6. The molecular weight excluding hydrogens is 402 g/mol. The van der Waals surface area contributed by atoms with Crippen LogP contribution in [-0.4, -0.2) is 4.98 Å². The van der Waals surface area contributed by atoms with Crippen LogP contribution in [0.4, 0.5) is 0 Å². The standard InChI is InChI=1S/C31H27NO/c1-18-10-11-23-24-13-12-22-21-8-4-5-9-25(21)31(14-6-7-15-31)28(22)30(24)33-29(23)27(18)26-16-19(2)20(3)17-32-26/h4-5,8-13,16-17H,6-7,14-15H2,1-3H3. The second kappa shape index (κ2) is 6.57. The van der Waals surface area contributed by atoms with Gasteiger partial charge in [-0.15, -0.1) is 0 Å². The summed E-state index contributed by atoms with van der Waals surface area (Å²) in [5.74, 6) is 0. The minimum absolute atomic E-state index is 0.0905. The summed E-state index contributed by atoms with van der Waals surface area (Å²) in [6.45, 7) is 6.43. The largest absolute Gasteiger partial charge is 0.455 e. The lowest BCUT2D eigenvalue weighted by atomic mass is 9.76. The molecule has 162 valence electrons. The quantitative estimate of drug-likeness (QED) is 0.267. The number of rotatable bonds is 1. The van der Waals surface area contributed by atoms with Crippen LogP contribution < -0.4 is 0 Å². The molecule has 2 aromatic heterocycles. The normalized spacial score (nSPS) is 16.1. The molecule has 0 atom stereocenters. The molecule has 7 rings (SSSR count). The van der Waals surface area contributed by atoms with Crippen LogP contribution in [0, 0.1) is 20.8 Å². The molecule has 1 saturated carbocycles. The van der Waals surface area contributed by atoms with Crippen LogP contribution in [0.25, 0.3) is 44.3 Å². The van der Waals surface area contributed by atoms with Crippen LogP contribution in [0.5, 0.6) is 0 Å². The molecule has 33 heavy (non-hydrogen) atoms. The van der Waals surface area contributed by atoms with E-state index in [4.69, 9.17) is 9.40 Å². The minimum atomic E-state index is 0.0905. The molecule has 0 radical (unpaired) electrons. The van der Waals surface area contributed by atoms with Gasteiger partial charge >= 0.3 is 0 Å². The van der Waals surface area contributed by atoms with Crippen LogP contribution >= 0.6 is 0 Å². The smallest absolute Gasteiger partial charge is 0.145 e. The number of aryl methyl sites for hydroxylation is 3. The van der Waals surface area contributed by atoms with Crippen molar-refractivity contribution in [2.45, 2.75) is 51.9 Å². The van der Waals surface area contributed by atoms with Gasteiger partial charge in [0.2, 0.25) is 0 Å². The average molecular weight is 430 g/mol. The Morgan fingerprint density at radius 2 is 1.52 bits per heavy atom. The lowest BCUT2D eigenvalue weighted by Gasteiger charge is -2.26. The topological polar surface area (TPSA) is 26.0 Å². The fraction of sp³-hybridized carbons (Fsp3) is 0.258. The highest BCUT2D eigenvalue weighted by Gasteiger charge is 2.47. The van der Waals surface area contributed by atoms with Gasteiger partial charge in [0, 0.05) is 33.5 Å². The molecule has 2 aliphatic carbocycles. The van der Waals surface area contributed by atoms with Gasteiger partial charge in [-0.05, 0) is 79.1 Å². The fourth-order valence-corrected chi connectivity index (χ4v) is 6.55. The monoisotopic (exact) mass is 429 g/mol. The molecule has 2 nitrogen and oxygen atoms in total. The number of hydrogen-bond acceptors (Lipinski definition) is 2. The first-order chi connectivity index (χ1) is 16.1. The van der Waals surface area contributed by atoms with Crippen molar-refractivity contribution in [1.82, 2.24) is 4.98 Å². The fourth-order valence-electron chi connectivity index (χ4n) is 6.55. The van der Waals surface area contributed by atoms with Crippen molar-refractivity contribution in [2.24, 2.45) is 0 Å². The lowest BCUT2D eigenvalue weighted by molar-refractivity contribution is 0.540. The van der Waals surface area contributed by atoms with Crippen molar-refractivity contribution < 1.29 is 4.42 Å². The number of aromatic nitrogens is 1. The minimum Gasteiger partial charge on any atom is -0.455 e. The Hall–Kier alpha value is -3.39. The Morgan fingerprint density at radius 3 is 2.33 bits per heavy atom. The third-order valence-corrected chi connectivity index (χ3v) is 8.32. The highest BCUT2D eigenvalue weighted by Crippen LogP contribution is 2.59. The number of furan rings is 1. The summed E-state index contributed by atoms with van der Waals surface area (Å²) in [7, 11) is 0. The average Bonchev–Trinajstić information content (AvgIpc) is 3.52. The first-order valence-electron chi connectivity index (χ1n) is 12.1. The van der Waals surface area contributed by atoms with Gasteiger partial charge in [-0.1, -0.05) is 55.3 Å². The number of hydrogen-bond donors (Lipinski definition) is 0. The maximum absolute atomic E-state index is 6.91. The van der Waals surface area contributed by atoms with Gasteiger partial charge in [0.1, 0.15) is 11.2 Å². The van der Waals surface area contributed by atoms with E-state index in [2.05, 4.69) is 75.4 Å². The summed E-state index contributed by atoms with van der Waals surface area (Å²) in [6.07, 6.45) is 6.95. The third kappa shape index (κ3) is 2.41. The molecular formula is C31H27NO. The molecule has 2 heterocycles. The van der Waals surface area contributed by atoms with Crippen molar-refractivity contribution >= 4 is 21.9 Å². The van der Waals surface area contributed by atoms with Crippen molar-refractivity contribution in [3.8, 4) is 22.4 Å². The van der Waals surface area contributed by atoms with Crippen LogP contribution in [0.15, 0.2) is 65.2 Å². The van der Waals surface area contributed by atoms with Gasteiger partial charge in [-0.25, -0.2) is 0 Å². The second-order valence-corrected chi connectivity index (χ2v) is 10.1. The van der Waals surface area contributed by atoms with E-state index in [0.29, 0.717) is 0 Å². The lowest BCUT2D eigenvalue weighted by Crippen LogP contribution is -2.20. The maximum atomic E-state index is 6.91. The Balaban J connectivity index is 1.59. The zero-order valence-electron chi connectivity index (χ0n) is 19.5. The predicted octanol–water partition coefficient (Wildman–Crippen LogP) is 8.41. The molecule has 0 bridgehead atoms. The molecule has 0 unspecified atom stereocenters. The third-order valence-electron chi connectivity index (χ3n) is 8.32. The summed E-state index contributed by atoms with van der Waals surface area (Å²) in [5, 5.41) is 2.42. The van der Waals surface area contributed by atoms with E-state index in [1.54, 1.807) is 0 Å². The van der Waals surface area contributed by atoms with Crippen LogP contribution in [0.1, 0.15) is 53.5 Å². The second-order valence-electron chi connectivity index (χ2n) is 10.1.